The molecule has 0 saturated heterocycles. The van der Waals surface area contributed by atoms with Gasteiger partial charge in [0.05, 0.1) is 6.10 Å². The molecule has 0 heterocycles. The maximum Gasteiger partial charge on any atom is 0.0551 e. The molecule has 1 N–H and O–H groups in total. The van der Waals surface area contributed by atoms with Gasteiger partial charge in [0.25, 0.3) is 0 Å². The van der Waals surface area contributed by atoms with E-state index in [0.717, 1.165) is 18.1 Å². The van der Waals surface area contributed by atoms with Gasteiger partial charge in [-0.05, 0) is 40.5 Å². The van der Waals surface area contributed by atoms with Gasteiger partial charge in [0, 0.05) is 5.25 Å². The molecule has 0 aromatic heterocycles. The molecule has 1 aliphatic carbocycles. The molecule has 1 fully saturated rings. The fourth-order valence-electron chi connectivity index (χ4n) is 0.998. The normalized spacial score (nSPS) is 38.2. The third-order valence-electron chi connectivity index (χ3n) is 1.48. The first-order valence-corrected chi connectivity index (χ1v) is 6.20. The van der Waals surface area contributed by atoms with Crippen LogP contribution in [-0.4, -0.2) is 16.5 Å². The van der Waals surface area contributed by atoms with Crippen molar-refractivity contribution in [3.8, 4) is 0 Å². The summed E-state index contributed by atoms with van der Waals surface area (Å²) in [6.07, 6.45) is 3.23. The molecule has 1 aliphatic rings. The van der Waals surface area contributed by atoms with Gasteiger partial charge in [-0.1, -0.05) is 8.93 Å². The Balaban J connectivity index is 2.22. The van der Waals surface area contributed by atoms with E-state index in [1.165, 1.54) is 6.42 Å². The lowest BCUT2D eigenvalue weighted by Gasteiger charge is -1.99. The summed E-state index contributed by atoms with van der Waals surface area (Å²) in [5.41, 5.74) is 0. The van der Waals surface area contributed by atoms with Gasteiger partial charge in [0.2, 0.25) is 0 Å². The van der Waals surface area contributed by atoms with Crippen LogP contribution in [0.25, 0.3) is 0 Å². The summed E-state index contributed by atoms with van der Waals surface area (Å²) in [6.45, 7) is 0. The molecule has 0 aromatic carbocycles. The van der Waals surface area contributed by atoms with Crippen LogP contribution in [0.4, 0.5) is 0 Å². The van der Waals surface area contributed by atoms with E-state index in [1.807, 2.05) is 8.93 Å². The molecule has 1 rings (SSSR count). The Kier molecular flexibility index (Phi) is 2.92. The summed E-state index contributed by atoms with van der Waals surface area (Å²) in [5, 5.41) is 9.74. The SMILES string of the molecule is OC1CCC(SI)C1. The predicted molar refractivity (Wildman–Crippen MR) is 45.3 cm³/mol. The minimum atomic E-state index is 0.00210. The average Bonchev–Trinajstić information content (AvgIpc) is 2.14. The summed E-state index contributed by atoms with van der Waals surface area (Å²) < 4.78 is 0. The lowest BCUT2D eigenvalue weighted by Crippen LogP contribution is -1.99. The Morgan fingerprint density at radius 3 is 2.50 bits per heavy atom. The topological polar surface area (TPSA) is 20.2 Å². The molecule has 3 heteroatoms. The predicted octanol–water partition coefficient (Wildman–Crippen LogP) is 1.98. The maximum atomic E-state index is 9.01. The molecule has 0 aromatic rings. The van der Waals surface area contributed by atoms with Crippen LogP contribution in [0.2, 0.25) is 0 Å². The molecule has 0 spiro atoms. The van der Waals surface area contributed by atoms with Gasteiger partial charge >= 0.3 is 0 Å². The highest BCUT2D eigenvalue weighted by Gasteiger charge is 2.21. The second kappa shape index (κ2) is 3.27. The Bertz CT molecular complexity index is 78.8. The van der Waals surface area contributed by atoms with Crippen molar-refractivity contribution in [3.05, 3.63) is 0 Å². The molecule has 2 atom stereocenters. The molecule has 2 unspecified atom stereocenters. The minimum absolute atomic E-state index is 0.00210. The minimum Gasteiger partial charge on any atom is -0.393 e. The second-order valence-electron chi connectivity index (χ2n) is 2.18. The molecule has 1 saturated carbocycles. The smallest absolute Gasteiger partial charge is 0.0551 e. The van der Waals surface area contributed by atoms with Gasteiger partial charge in [0.15, 0.2) is 0 Å². The Hall–Kier alpha value is 1.04. The standard InChI is InChI=1S/C5H9IOS/c6-8-5-2-1-4(7)3-5/h4-5,7H,1-3H2. The van der Waals surface area contributed by atoms with Crippen LogP contribution in [0, 0.1) is 0 Å². The Morgan fingerprint density at radius 2 is 2.25 bits per heavy atom. The van der Waals surface area contributed by atoms with Crippen LogP contribution >= 0.6 is 30.1 Å². The summed E-state index contributed by atoms with van der Waals surface area (Å²) in [6, 6.07) is 0. The number of halogens is 1. The van der Waals surface area contributed by atoms with E-state index < -0.39 is 0 Å². The summed E-state index contributed by atoms with van der Waals surface area (Å²) in [7, 11) is 1.85. The van der Waals surface area contributed by atoms with Gasteiger partial charge in [-0.3, -0.25) is 0 Å². The molecular weight excluding hydrogens is 235 g/mol. The molecule has 0 aliphatic heterocycles. The van der Waals surface area contributed by atoms with Gasteiger partial charge in [-0.15, -0.1) is 0 Å². The highest BCUT2D eigenvalue weighted by molar-refractivity contribution is 14.2. The van der Waals surface area contributed by atoms with E-state index in [1.54, 1.807) is 0 Å². The molecule has 48 valence electrons. The van der Waals surface area contributed by atoms with Crippen molar-refractivity contribution in [3.63, 3.8) is 0 Å². The second-order valence-corrected chi connectivity index (χ2v) is 4.55. The number of aliphatic hydroxyl groups excluding tert-OH is 1. The third kappa shape index (κ3) is 1.77. The summed E-state index contributed by atoms with van der Waals surface area (Å²) in [5.74, 6) is 0. The summed E-state index contributed by atoms with van der Waals surface area (Å²) in [4.78, 5) is 0. The highest BCUT2D eigenvalue weighted by Crippen LogP contribution is 2.33. The average molecular weight is 244 g/mol. The van der Waals surface area contributed by atoms with Crippen molar-refractivity contribution >= 4 is 30.1 Å². The largest absolute Gasteiger partial charge is 0.393 e. The molecular formula is C5H9IOS. The fourth-order valence-corrected chi connectivity index (χ4v) is 2.90. The van der Waals surface area contributed by atoms with Crippen molar-refractivity contribution in [2.24, 2.45) is 0 Å². The first kappa shape index (κ1) is 7.15. The summed E-state index contributed by atoms with van der Waals surface area (Å²) >= 11 is 2.31. The van der Waals surface area contributed by atoms with Crippen LogP contribution in [0.3, 0.4) is 0 Å². The van der Waals surface area contributed by atoms with Gasteiger partial charge < -0.3 is 5.11 Å². The molecule has 1 nitrogen and oxygen atoms in total. The van der Waals surface area contributed by atoms with Crippen LogP contribution in [0.15, 0.2) is 0 Å². The van der Waals surface area contributed by atoms with E-state index in [4.69, 9.17) is 5.11 Å². The van der Waals surface area contributed by atoms with E-state index in [0.29, 0.717) is 0 Å². The van der Waals surface area contributed by atoms with E-state index >= 15 is 0 Å². The lowest BCUT2D eigenvalue weighted by molar-refractivity contribution is 0.183. The molecule has 0 radical (unpaired) electrons. The quantitative estimate of drug-likeness (QED) is 0.712. The van der Waals surface area contributed by atoms with Crippen molar-refractivity contribution in [1.82, 2.24) is 0 Å². The Morgan fingerprint density at radius 1 is 1.50 bits per heavy atom. The fraction of sp³-hybridized carbons (Fsp3) is 1.00. The van der Waals surface area contributed by atoms with E-state index in [-0.39, 0.29) is 6.10 Å². The third-order valence-corrected chi connectivity index (χ3v) is 4.32. The van der Waals surface area contributed by atoms with Crippen molar-refractivity contribution in [2.45, 2.75) is 30.6 Å². The van der Waals surface area contributed by atoms with Gasteiger partial charge in [0.1, 0.15) is 0 Å². The number of aliphatic hydroxyl groups is 1. The first-order valence-electron chi connectivity index (χ1n) is 2.78. The van der Waals surface area contributed by atoms with Gasteiger partial charge in [-0.2, -0.15) is 0 Å². The van der Waals surface area contributed by atoms with Crippen LogP contribution in [-0.2, 0) is 0 Å². The van der Waals surface area contributed by atoms with Crippen molar-refractivity contribution in [2.75, 3.05) is 0 Å². The van der Waals surface area contributed by atoms with E-state index in [9.17, 15) is 0 Å². The zero-order valence-corrected chi connectivity index (χ0v) is 7.48. The number of rotatable bonds is 1. The first-order chi connectivity index (χ1) is 3.83. The van der Waals surface area contributed by atoms with Gasteiger partial charge in [-0.25, -0.2) is 0 Å². The van der Waals surface area contributed by atoms with Crippen LogP contribution in [0.5, 0.6) is 0 Å². The highest BCUT2D eigenvalue weighted by atomic mass is 127. The maximum absolute atomic E-state index is 9.01. The van der Waals surface area contributed by atoms with Crippen LogP contribution < -0.4 is 0 Å². The molecule has 0 bridgehead atoms. The lowest BCUT2D eigenvalue weighted by atomic mass is 10.3. The zero-order valence-electron chi connectivity index (χ0n) is 4.51. The zero-order chi connectivity index (χ0) is 5.98. The van der Waals surface area contributed by atoms with Crippen molar-refractivity contribution < 1.29 is 5.11 Å². The molecule has 0 amide bonds. The number of hydrogen-bond acceptors (Lipinski definition) is 2. The van der Waals surface area contributed by atoms with Crippen molar-refractivity contribution in [1.29, 1.82) is 0 Å². The van der Waals surface area contributed by atoms with E-state index in [2.05, 4.69) is 21.2 Å². The monoisotopic (exact) mass is 244 g/mol. The Labute approximate surface area is 65.8 Å². The number of hydrogen-bond donors (Lipinski definition) is 1. The van der Waals surface area contributed by atoms with Crippen LogP contribution in [0.1, 0.15) is 19.3 Å². The molecule has 8 heavy (non-hydrogen) atoms.